The van der Waals surface area contributed by atoms with Crippen LogP contribution in [-0.4, -0.2) is 19.1 Å². The van der Waals surface area contributed by atoms with Gasteiger partial charge in [-0.1, -0.05) is 24.3 Å². The molecule has 0 aliphatic heterocycles. The van der Waals surface area contributed by atoms with E-state index in [-0.39, 0.29) is 5.91 Å². The van der Waals surface area contributed by atoms with Gasteiger partial charge in [-0.15, -0.1) is 0 Å². The number of carbonyl (C=O) groups excluding carboxylic acids is 1. The van der Waals surface area contributed by atoms with Gasteiger partial charge in [-0.25, -0.2) is 0 Å². The summed E-state index contributed by atoms with van der Waals surface area (Å²) in [7, 11) is 0. The number of rotatable bonds is 6. The first-order valence-electron chi connectivity index (χ1n) is 8.26. The lowest BCUT2D eigenvalue weighted by Gasteiger charge is -2.11. The van der Waals surface area contributed by atoms with E-state index in [9.17, 15) is 4.79 Å². The van der Waals surface area contributed by atoms with Crippen LogP contribution in [0.3, 0.4) is 0 Å². The number of amides is 1. The van der Waals surface area contributed by atoms with Gasteiger partial charge in [0.25, 0.3) is 5.91 Å². The van der Waals surface area contributed by atoms with Crippen LogP contribution in [-0.2, 0) is 0 Å². The Balaban J connectivity index is 1.57. The number of hydrogen-bond donors (Lipinski definition) is 1. The minimum absolute atomic E-state index is 0.143. The fraction of sp³-hybridized carbons (Fsp3) is 0.190. The summed E-state index contributed by atoms with van der Waals surface area (Å²) in [6, 6.07) is 17.0. The third-order valence-electron chi connectivity index (χ3n) is 4.09. The molecule has 25 heavy (non-hydrogen) atoms. The van der Waals surface area contributed by atoms with E-state index < -0.39 is 0 Å². The molecule has 1 aromatic heterocycles. The van der Waals surface area contributed by atoms with Crippen molar-refractivity contribution in [2.75, 3.05) is 13.2 Å². The van der Waals surface area contributed by atoms with Crippen molar-refractivity contribution in [2.45, 2.75) is 13.8 Å². The van der Waals surface area contributed by atoms with E-state index in [1.54, 1.807) is 18.4 Å². The van der Waals surface area contributed by atoms with E-state index in [1.165, 1.54) is 11.1 Å². The van der Waals surface area contributed by atoms with Crippen LogP contribution in [0.5, 0.6) is 5.75 Å². The lowest BCUT2D eigenvalue weighted by atomic mass is 10.0. The van der Waals surface area contributed by atoms with Crippen LogP contribution < -0.4 is 10.1 Å². The largest absolute Gasteiger partial charge is 0.492 e. The molecule has 1 amide bonds. The van der Waals surface area contributed by atoms with Gasteiger partial charge in [0, 0.05) is 5.56 Å². The lowest BCUT2D eigenvalue weighted by Crippen LogP contribution is -2.28. The topological polar surface area (TPSA) is 51.5 Å². The molecule has 0 saturated heterocycles. The van der Waals surface area contributed by atoms with Crippen molar-refractivity contribution in [2.24, 2.45) is 0 Å². The van der Waals surface area contributed by atoms with Crippen molar-refractivity contribution in [1.82, 2.24) is 5.32 Å². The zero-order valence-corrected chi connectivity index (χ0v) is 14.4. The average Bonchev–Trinajstić information content (AvgIpc) is 3.16. The highest BCUT2D eigenvalue weighted by atomic mass is 16.5. The van der Waals surface area contributed by atoms with Gasteiger partial charge in [-0.05, 0) is 55.3 Å². The number of aryl methyl sites for hydroxylation is 2. The molecular weight excluding hydrogens is 314 g/mol. The van der Waals surface area contributed by atoms with Crippen LogP contribution in [0, 0.1) is 13.8 Å². The maximum atomic E-state index is 12.5. The maximum absolute atomic E-state index is 12.5. The molecule has 3 rings (SSSR count). The molecule has 128 valence electrons. The van der Waals surface area contributed by atoms with Crippen LogP contribution in [0.1, 0.15) is 21.5 Å². The fourth-order valence-electron chi connectivity index (χ4n) is 2.56. The van der Waals surface area contributed by atoms with Crippen molar-refractivity contribution in [3.05, 3.63) is 77.6 Å². The van der Waals surface area contributed by atoms with Crippen LogP contribution in [0.4, 0.5) is 0 Å². The molecule has 4 heteroatoms. The number of carbonyl (C=O) groups is 1. The van der Waals surface area contributed by atoms with Gasteiger partial charge in [0.15, 0.2) is 0 Å². The summed E-state index contributed by atoms with van der Waals surface area (Å²) in [5.41, 5.74) is 3.79. The lowest BCUT2D eigenvalue weighted by molar-refractivity contribution is 0.0947. The smallest absolute Gasteiger partial charge is 0.252 e. The first kappa shape index (κ1) is 16.8. The van der Waals surface area contributed by atoms with E-state index in [0.29, 0.717) is 24.5 Å². The zero-order valence-electron chi connectivity index (χ0n) is 14.4. The predicted octanol–water partition coefficient (Wildman–Crippen LogP) is 4.37. The molecule has 0 radical (unpaired) electrons. The molecule has 0 atom stereocenters. The number of ether oxygens (including phenoxy) is 1. The molecular formula is C21H21NO3. The van der Waals surface area contributed by atoms with E-state index >= 15 is 0 Å². The highest BCUT2D eigenvalue weighted by Crippen LogP contribution is 2.24. The minimum Gasteiger partial charge on any atom is -0.492 e. The molecule has 1 N–H and O–H groups in total. The van der Waals surface area contributed by atoms with Gasteiger partial charge in [0.2, 0.25) is 0 Å². The van der Waals surface area contributed by atoms with Crippen molar-refractivity contribution in [3.63, 3.8) is 0 Å². The van der Waals surface area contributed by atoms with E-state index in [4.69, 9.17) is 9.15 Å². The molecule has 0 saturated carbocycles. The Kier molecular flexibility index (Phi) is 5.19. The minimum atomic E-state index is -0.143. The summed E-state index contributed by atoms with van der Waals surface area (Å²) in [5, 5.41) is 2.89. The standard InChI is InChI=1S/C21H21NO3/c1-15-9-10-17(14-16(15)2)24-13-11-22-21(23)19-7-4-3-6-18(19)20-8-5-12-25-20/h3-10,12,14H,11,13H2,1-2H3,(H,22,23). The third kappa shape index (κ3) is 4.10. The summed E-state index contributed by atoms with van der Waals surface area (Å²) in [6.45, 7) is 4.96. The van der Waals surface area contributed by atoms with Gasteiger partial charge in [-0.2, -0.15) is 0 Å². The molecule has 0 bridgehead atoms. The van der Waals surface area contributed by atoms with Gasteiger partial charge in [0.05, 0.1) is 18.4 Å². The highest BCUT2D eigenvalue weighted by molar-refractivity contribution is 6.00. The Bertz CT molecular complexity index is 853. The Morgan fingerprint density at radius 3 is 2.64 bits per heavy atom. The van der Waals surface area contributed by atoms with E-state index in [0.717, 1.165) is 11.3 Å². The summed E-state index contributed by atoms with van der Waals surface area (Å²) in [5.74, 6) is 1.35. The molecule has 3 aromatic rings. The normalized spacial score (nSPS) is 10.5. The fourth-order valence-corrected chi connectivity index (χ4v) is 2.56. The molecule has 0 fully saturated rings. The average molecular weight is 335 g/mol. The zero-order chi connectivity index (χ0) is 17.6. The van der Waals surface area contributed by atoms with Crippen molar-refractivity contribution in [3.8, 4) is 17.1 Å². The van der Waals surface area contributed by atoms with Crippen LogP contribution >= 0.6 is 0 Å². The van der Waals surface area contributed by atoms with Crippen molar-refractivity contribution < 1.29 is 13.9 Å². The van der Waals surface area contributed by atoms with E-state index in [2.05, 4.69) is 19.2 Å². The van der Waals surface area contributed by atoms with Gasteiger partial charge < -0.3 is 14.5 Å². The SMILES string of the molecule is Cc1ccc(OCCNC(=O)c2ccccc2-c2ccco2)cc1C. The van der Waals surface area contributed by atoms with Crippen molar-refractivity contribution >= 4 is 5.91 Å². The predicted molar refractivity (Wildman–Crippen MR) is 97.9 cm³/mol. The molecule has 0 unspecified atom stereocenters. The Labute approximate surface area is 147 Å². The second kappa shape index (κ2) is 7.71. The molecule has 4 nitrogen and oxygen atoms in total. The summed E-state index contributed by atoms with van der Waals surface area (Å²) in [6.07, 6.45) is 1.60. The monoisotopic (exact) mass is 335 g/mol. The first-order chi connectivity index (χ1) is 12.1. The molecule has 1 heterocycles. The number of benzene rings is 2. The molecule has 0 spiro atoms. The Morgan fingerprint density at radius 2 is 1.88 bits per heavy atom. The van der Waals surface area contributed by atoms with E-state index in [1.807, 2.05) is 42.5 Å². The molecule has 0 aliphatic rings. The van der Waals surface area contributed by atoms with Crippen LogP contribution in [0.25, 0.3) is 11.3 Å². The van der Waals surface area contributed by atoms with Gasteiger partial charge in [0.1, 0.15) is 18.1 Å². The Hall–Kier alpha value is -3.01. The number of furan rings is 1. The molecule has 0 aliphatic carbocycles. The first-order valence-corrected chi connectivity index (χ1v) is 8.26. The third-order valence-corrected chi connectivity index (χ3v) is 4.09. The summed E-state index contributed by atoms with van der Waals surface area (Å²) < 4.78 is 11.1. The second-order valence-corrected chi connectivity index (χ2v) is 5.87. The summed E-state index contributed by atoms with van der Waals surface area (Å²) >= 11 is 0. The van der Waals surface area contributed by atoms with Crippen LogP contribution in [0.2, 0.25) is 0 Å². The van der Waals surface area contributed by atoms with Crippen LogP contribution in [0.15, 0.2) is 65.3 Å². The quantitative estimate of drug-likeness (QED) is 0.681. The van der Waals surface area contributed by atoms with Gasteiger partial charge >= 0.3 is 0 Å². The second-order valence-electron chi connectivity index (χ2n) is 5.87. The van der Waals surface area contributed by atoms with Gasteiger partial charge in [-0.3, -0.25) is 4.79 Å². The number of nitrogens with one attached hydrogen (secondary N) is 1. The molecule has 2 aromatic carbocycles. The number of hydrogen-bond acceptors (Lipinski definition) is 3. The van der Waals surface area contributed by atoms with Crippen molar-refractivity contribution in [1.29, 1.82) is 0 Å². The maximum Gasteiger partial charge on any atom is 0.252 e. The summed E-state index contributed by atoms with van der Waals surface area (Å²) in [4.78, 5) is 12.5. The Morgan fingerprint density at radius 1 is 1.04 bits per heavy atom. The highest BCUT2D eigenvalue weighted by Gasteiger charge is 2.13.